The molecule has 0 spiro atoms. The Morgan fingerprint density at radius 2 is 2.10 bits per heavy atom. The number of anilines is 2. The van der Waals surface area contributed by atoms with Gasteiger partial charge >= 0.3 is 5.97 Å². The van der Waals surface area contributed by atoms with Gasteiger partial charge in [0.05, 0.1) is 5.69 Å². The Bertz CT molecular complexity index is 513. The van der Waals surface area contributed by atoms with Gasteiger partial charge in [-0.25, -0.2) is 4.98 Å². The first-order chi connectivity index (χ1) is 10.1. The number of carboxylic acid groups (broad SMARTS) is 1. The number of carbonyl (C=O) groups excluding carboxylic acids is 1. The van der Waals surface area contributed by atoms with Gasteiger partial charge in [-0.15, -0.1) is 0 Å². The van der Waals surface area contributed by atoms with Crippen LogP contribution in [0.5, 0.6) is 0 Å². The molecule has 21 heavy (non-hydrogen) atoms. The maximum atomic E-state index is 12.0. The Morgan fingerprint density at radius 1 is 1.38 bits per heavy atom. The number of nitrogens with zero attached hydrogens (tertiary/aromatic N) is 2. The molecule has 2 heterocycles. The molecule has 0 saturated carbocycles. The Balaban J connectivity index is 1.98. The number of amides is 1. The van der Waals surface area contributed by atoms with Gasteiger partial charge in [0.2, 0.25) is 5.91 Å². The third kappa shape index (κ3) is 4.44. The molecule has 0 radical (unpaired) electrons. The molecule has 6 nitrogen and oxygen atoms in total. The standard InChI is InChI=1S/C15H21N3O3/c1-11(10-14(20)21)9-13(19)17-12-5-4-6-16-15(12)18-7-2-3-8-18/h4-6,11H,2-3,7-10H2,1H3,(H,17,19)(H,20,21). The van der Waals surface area contributed by atoms with Crippen LogP contribution in [0.3, 0.4) is 0 Å². The van der Waals surface area contributed by atoms with E-state index in [0.717, 1.165) is 31.7 Å². The number of hydrogen-bond acceptors (Lipinski definition) is 4. The molecule has 2 rings (SSSR count). The van der Waals surface area contributed by atoms with Crippen molar-refractivity contribution in [2.75, 3.05) is 23.3 Å². The lowest BCUT2D eigenvalue weighted by Gasteiger charge is -2.20. The first kappa shape index (κ1) is 15.3. The summed E-state index contributed by atoms with van der Waals surface area (Å²) in [6, 6.07) is 3.62. The summed E-state index contributed by atoms with van der Waals surface area (Å²) in [7, 11) is 0. The fourth-order valence-corrected chi connectivity index (χ4v) is 2.56. The minimum atomic E-state index is -0.880. The molecule has 1 aliphatic heterocycles. The van der Waals surface area contributed by atoms with E-state index in [1.54, 1.807) is 19.2 Å². The van der Waals surface area contributed by atoms with E-state index in [-0.39, 0.29) is 24.7 Å². The first-order valence-corrected chi connectivity index (χ1v) is 7.28. The van der Waals surface area contributed by atoms with E-state index in [4.69, 9.17) is 5.11 Å². The van der Waals surface area contributed by atoms with Gasteiger partial charge in [-0.2, -0.15) is 0 Å². The summed E-state index contributed by atoms with van der Waals surface area (Å²) < 4.78 is 0. The van der Waals surface area contributed by atoms with Crippen LogP contribution >= 0.6 is 0 Å². The van der Waals surface area contributed by atoms with Crippen LogP contribution < -0.4 is 10.2 Å². The second kappa shape index (κ2) is 7.06. The van der Waals surface area contributed by atoms with Crippen LogP contribution in [0, 0.1) is 5.92 Å². The molecular weight excluding hydrogens is 270 g/mol. The van der Waals surface area contributed by atoms with Crippen LogP contribution in [0.15, 0.2) is 18.3 Å². The first-order valence-electron chi connectivity index (χ1n) is 7.28. The van der Waals surface area contributed by atoms with Gasteiger partial charge in [-0.3, -0.25) is 9.59 Å². The van der Waals surface area contributed by atoms with E-state index < -0.39 is 5.97 Å². The van der Waals surface area contributed by atoms with Crippen molar-refractivity contribution in [1.82, 2.24) is 4.98 Å². The van der Waals surface area contributed by atoms with Crippen molar-refractivity contribution >= 4 is 23.4 Å². The molecular formula is C15H21N3O3. The van der Waals surface area contributed by atoms with Crippen molar-refractivity contribution in [1.29, 1.82) is 0 Å². The molecule has 1 unspecified atom stereocenters. The normalized spacial score (nSPS) is 15.8. The van der Waals surface area contributed by atoms with Crippen molar-refractivity contribution in [3.63, 3.8) is 0 Å². The molecule has 1 aromatic rings. The number of aliphatic carboxylic acids is 1. The van der Waals surface area contributed by atoms with E-state index in [1.165, 1.54) is 0 Å². The average Bonchev–Trinajstić information content (AvgIpc) is 2.91. The number of rotatable bonds is 6. The summed E-state index contributed by atoms with van der Waals surface area (Å²) in [6.45, 7) is 3.67. The highest BCUT2D eigenvalue weighted by Crippen LogP contribution is 2.26. The number of pyridine rings is 1. The molecule has 1 atom stereocenters. The van der Waals surface area contributed by atoms with Crippen molar-refractivity contribution in [3.05, 3.63) is 18.3 Å². The number of aromatic nitrogens is 1. The molecule has 0 bridgehead atoms. The minimum Gasteiger partial charge on any atom is -0.481 e. The van der Waals surface area contributed by atoms with Gasteiger partial charge in [0, 0.05) is 32.1 Å². The van der Waals surface area contributed by atoms with Crippen molar-refractivity contribution in [2.45, 2.75) is 32.6 Å². The predicted octanol–water partition coefficient (Wildman–Crippen LogP) is 2.12. The van der Waals surface area contributed by atoms with E-state index in [9.17, 15) is 9.59 Å². The molecule has 1 amide bonds. The highest BCUT2D eigenvalue weighted by atomic mass is 16.4. The monoisotopic (exact) mass is 291 g/mol. The molecule has 0 aromatic carbocycles. The summed E-state index contributed by atoms with van der Waals surface area (Å²) in [5, 5.41) is 11.6. The average molecular weight is 291 g/mol. The Hall–Kier alpha value is -2.11. The molecule has 1 aromatic heterocycles. The van der Waals surface area contributed by atoms with Gasteiger partial charge < -0.3 is 15.3 Å². The Kier molecular flexibility index (Phi) is 5.14. The van der Waals surface area contributed by atoms with E-state index >= 15 is 0 Å². The van der Waals surface area contributed by atoms with Gasteiger partial charge in [0.25, 0.3) is 0 Å². The van der Waals surface area contributed by atoms with E-state index in [0.29, 0.717) is 5.69 Å². The number of carboxylic acids is 1. The highest BCUT2D eigenvalue weighted by molar-refractivity contribution is 5.94. The Labute approximate surface area is 124 Å². The highest BCUT2D eigenvalue weighted by Gasteiger charge is 2.19. The second-order valence-corrected chi connectivity index (χ2v) is 5.52. The lowest BCUT2D eigenvalue weighted by Crippen LogP contribution is -2.23. The van der Waals surface area contributed by atoms with Gasteiger partial charge in [0.15, 0.2) is 5.82 Å². The third-order valence-corrected chi connectivity index (χ3v) is 3.52. The summed E-state index contributed by atoms with van der Waals surface area (Å²) in [6.07, 6.45) is 4.19. The number of carbonyl (C=O) groups is 2. The summed E-state index contributed by atoms with van der Waals surface area (Å²) >= 11 is 0. The summed E-state index contributed by atoms with van der Waals surface area (Å²) in [5.41, 5.74) is 0.701. The van der Waals surface area contributed by atoms with E-state index in [2.05, 4.69) is 15.2 Å². The molecule has 114 valence electrons. The van der Waals surface area contributed by atoms with Crippen LogP contribution in [-0.4, -0.2) is 35.1 Å². The van der Waals surface area contributed by atoms with Gasteiger partial charge in [-0.05, 0) is 30.9 Å². The zero-order valence-electron chi connectivity index (χ0n) is 12.2. The topological polar surface area (TPSA) is 82.5 Å². The minimum absolute atomic E-state index is 0.000554. The fraction of sp³-hybridized carbons (Fsp3) is 0.533. The quantitative estimate of drug-likeness (QED) is 0.839. The van der Waals surface area contributed by atoms with Gasteiger partial charge in [0.1, 0.15) is 0 Å². The molecule has 1 aliphatic rings. The van der Waals surface area contributed by atoms with Crippen molar-refractivity contribution in [2.24, 2.45) is 5.92 Å². The summed E-state index contributed by atoms with van der Waals surface area (Å²) in [4.78, 5) is 29.2. The third-order valence-electron chi connectivity index (χ3n) is 3.52. The van der Waals surface area contributed by atoms with Crippen LogP contribution in [0.4, 0.5) is 11.5 Å². The number of hydrogen-bond donors (Lipinski definition) is 2. The molecule has 6 heteroatoms. The van der Waals surface area contributed by atoms with Crippen LogP contribution in [0.1, 0.15) is 32.6 Å². The maximum Gasteiger partial charge on any atom is 0.303 e. The SMILES string of the molecule is CC(CC(=O)O)CC(=O)Nc1cccnc1N1CCCC1. The lowest BCUT2D eigenvalue weighted by atomic mass is 10.0. The summed E-state index contributed by atoms with van der Waals surface area (Å²) in [5.74, 6) is -0.435. The second-order valence-electron chi connectivity index (χ2n) is 5.52. The Morgan fingerprint density at radius 3 is 2.76 bits per heavy atom. The van der Waals surface area contributed by atoms with Crippen molar-refractivity contribution in [3.8, 4) is 0 Å². The van der Waals surface area contributed by atoms with Crippen LogP contribution in [0.2, 0.25) is 0 Å². The van der Waals surface area contributed by atoms with Crippen molar-refractivity contribution < 1.29 is 14.7 Å². The molecule has 1 fully saturated rings. The smallest absolute Gasteiger partial charge is 0.303 e. The zero-order chi connectivity index (χ0) is 15.2. The lowest BCUT2D eigenvalue weighted by molar-refractivity contribution is -0.138. The molecule has 2 N–H and O–H groups in total. The zero-order valence-corrected chi connectivity index (χ0v) is 12.2. The van der Waals surface area contributed by atoms with Crippen LogP contribution in [0.25, 0.3) is 0 Å². The molecule has 1 saturated heterocycles. The largest absolute Gasteiger partial charge is 0.481 e. The van der Waals surface area contributed by atoms with Crippen LogP contribution in [-0.2, 0) is 9.59 Å². The maximum absolute atomic E-state index is 12.0. The van der Waals surface area contributed by atoms with Gasteiger partial charge in [-0.1, -0.05) is 6.92 Å². The fourth-order valence-electron chi connectivity index (χ4n) is 2.56. The molecule has 0 aliphatic carbocycles. The number of nitrogens with one attached hydrogen (secondary N) is 1. The van der Waals surface area contributed by atoms with E-state index in [1.807, 2.05) is 6.07 Å². The predicted molar refractivity (Wildman–Crippen MR) is 80.3 cm³/mol.